The van der Waals surface area contributed by atoms with E-state index < -0.39 is 0 Å². The number of imidazole rings is 1. The topological polar surface area (TPSA) is 29.3 Å². The number of piperidine rings is 1. The Bertz CT molecular complexity index is 536. The summed E-state index contributed by atoms with van der Waals surface area (Å²) in [5, 5.41) is 3.47. The number of nitrogens with zero attached hydrogens (tertiary/aromatic N) is 2. The quantitative estimate of drug-likeness (QED) is 0.813. The maximum atomic E-state index is 4.82. The summed E-state index contributed by atoms with van der Waals surface area (Å²) in [4.78, 5) is 4.82. The average Bonchev–Trinajstić information content (AvgIpc) is 2.69. The molecule has 2 aromatic heterocycles. The smallest absolute Gasteiger partial charge is 0.137 e. The van der Waals surface area contributed by atoms with E-state index in [1.54, 1.807) is 0 Å². The molecule has 1 saturated heterocycles. The Hall–Kier alpha value is -1.35. The van der Waals surface area contributed by atoms with Crippen LogP contribution in [0.15, 0.2) is 18.2 Å². The highest BCUT2D eigenvalue weighted by Crippen LogP contribution is 2.26. The lowest BCUT2D eigenvalue weighted by Gasteiger charge is -2.21. The van der Waals surface area contributed by atoms with Crippen molar-refractivity contribution < 1.29 is 0 Å². The summed E-state index contributed by atoms with van der Waals surface area (Å²) in [5.41, 5.74) is 4.95. The van der Waals surface area contributed by atoms with Crippen molar-refractivity contribution >= 4 is 5.65 Å². The number of aryl methyl sites for hydroxylation is 2. The van der Waals surface area contributed by atoms with E-state index in [2.05, 4.69) is 41.8 Å². The third-order valence-corrected chi connectivity index (χ3v) is 3.79. The minimum atomic E-state index is 0.586. The second kappa shape index (κ2) is 4.15. The van der Waals surface area contributed by atoms with Gasteiger partial charge in [-0.3, -0.25) is 0 Å². The number of nitrogens with one attached hydrogen (secondary N) is 1. The number of hydrogen-bond donors (Lipinski definition) is 1. The third-order valence-electron chi connectivity index (χ3n) is 3.79. The number of pyridine rings is 1. The van der Waals surface area contributed by atoms with Crippen LogP contribution in [0.1, 0.15) is 35.8 Å². The van der Waals surface area contributed by atoms with Gasteiger partial charge in [0.25, 0.3) is 0 Å². The van der Waals surface area contributed by atoms with Gasteiger partial charge in [0.05, 0.1) is 5.69 Å². The van der Waals surface area contributed by atoms with Gasteiger partial charge in [0.1, 0.15) is 5.65 Å². The second-order valence-corrected chi connectivity index (χ2v) is 4.99. The third kappa shape index (κ3) is 1.75. The normalized spacial score (nSPS) is 20.9. The lowest BCUT2D eigenvalue weighted by atomic mass is 9.95. The van der Waals surface area contributed by atoms with Crippen LogP contribution in [0.5, 0.6) is 0 Å². The van der Waals surface area contributed by atoms with E-state index in [4.69, 9.17) is 4.98 Å². The Morgan fingerprint density at radius 1 is 1.35 bits per heavy atom. The lowest BCUT2D eigenvalue weighted by molar-refractivity contribution is 0.454. The largest absolute Gasteiger partial charge is 0.316 e. The Morgan fingerprint density at radius 2 is 2.24 bits per heavy atom. The zero-order valence-corrected chi connectivity index (χ0v) is 10.5. The van der Waals surface area contributed by atoms with Gasteiger partial charge >= 0.3 is 0 Å². The molecule has 1 atom stereocenters. The van der Waals surface area contributed by atoms with Crippen LogP contribution in [-0.2, 0) is 0 Å². The molecule has 0 spiro atoms. The van der Waals surface area contributed by atoms with E-state index in [1.807, 2.05) is 0 Å². The Balaban J connectivity index is 2.10. The highest BCUT2D eigenvalue weighted by molar-refractivity contribution is 5.45. The highest BCUT2D eigenvalue weighted by atomic mass is 15.0. The second-order valence-electron chi connectivity index (χ2n) is 4.99. The van der Waals surface area contributed by atoms with Gasteiger partial charge in [0.15, 0.2) is 0 Å². The van der Waals surface area contributed by atoms with Gasteiger partial charge in [-0.15, -0.1) is 0 Å². The Labute approximate surface area is 102 Å². The van der Waals surface area contributed by atoms with Crippen molar-refractivity contribution in [1.29, 1.82) is 0 Å². The summed E-state index contributed by atoms with van der Waals surface area (Å²) < 4.78 is 2.27. The van der Waals surface area contributed by atoms with Gasteiger partial charge in [-0.25, -0.2) is 4.98 Å². The molecular formula is C14H19N3. The molecule has 90 valence electrons. The molecule has 0 saturated carbocycles. The first-order valence-electron chi connectivity index (χ1n) is 6.42. The average molecular weight is 229 g/mol. The van der Waals surface area contributed by atoms with Crippen molar-refractivity contribution in [3.05, 3.63) is 35.3 Å². The van der Waals surface area contributed by atoms with Gasteiger partial charge < -0.3 is 9.72 Å². The van der Waals surface area contributed by atoms with Crippen molar-refractivity contribution in [2.24, 2.45) is 0 Å². The molecule has 0 aliphatic carbocycles. The SMILES string of the molecule is Cc1cccc2nc(C3CCCNC3)c(C)n12. The summed E-state index contributed by atoms with van der Waals surface area (Å²) in [7, 11) is 0. The van der Waals surface area contributed by atoms with E-state index >= 15 is 0 Å². The molecule has 3 heterocycles. The van der Waals surface area contributed by atoms with Crippen LogP contribution in [0.3, 0.4) is 0 Å². The molecule has 0 bridgehead atoms. The summed E-state index contributed by atoms with van der Waals surface area (Å²) in [6.45, 7) is 6.56. The predicted octanol–water partition coefficient (Wildman–Crippen LogP) is 2.42. The molecular weight excluding hydrogens is 210 g/mol. The van der Waals surface area contributed by atoms with Crippen LogP contribution in [0.2, 0.25) is 0 Å². The Kier molecular flexibility index (Phi) is 2.63. The van der Waals surface area contributed by atoms with Crippen molar-refractivity contribution in [2.45, 2.75) is 32.6 Å². The standard InChI is InChI=1S/C14H19N3/c1-10-5-3-7-13-16-14(11(2)17(10)13)12-6-4-8-15-9-12/h3,5,7,12,15H,4,6,8-9H2,1-2H3. The molecule has 3 heteroatoms. The number of rotatable bonds is 1. The molecule has 1 aliphatic rings. The van der Waals surface area contributed by atoms with Crippen molar-refractivity contribution in [3.8, 4) is 0 Å². The molecule has 1 aliphatic heterocycles. The number of hydrogen-bond acceptors (Lipinski definition) is 2. The maximum Gasteiger partial charge on any atom is 0.137 e. The molecule has 0 aromatic carbocycles. The highest BCUT2D eigenvalue weighted by Gasteiger charge is 2.21. The molecule has 2 aromatic rings. The molecule has 17 heavy (non-hydrogen) atoms. The fraction of sp³-hybridized carbons (Fsp3) is 0.500. The van der Waals surface area contributed by atoms with E-state index in [1.165, 1.54) is 29.9 Å². The summed E-state index contributed by atoms with van der Waals surface area (Å²) >= 11 is 0. The zero-order valence-electron chi connectivity index (χ0n) is 10.5. The summed E-state index contributed by atoms with van der Waals surface area (Å²) in [6.07, 6.45) is 2.52. The van der Waals surface area contributed by atoms with Gasteiger partial charge in [0.2, 0.25) is 0 Å². The predicted molar refractivity (Wildman–Crippen MR) is 69.5 cm³/mol. The van der Waals surface area contributed by atoms with Crippen LogP contribution < -0.4 is 5.32 Å². The van der Waals surface area contributed by atoms with Crippen molar-refractivity contribution in [2.75, 3.05) is 13.1 Å². The molecule has 3 rings (SSSR count). The van der Waals surface area contributed by atoms with Crippen LogP contribution >= 0.6 is 0 Å². The minimum Gasteiger partial charge on any atom is -0.316 e. The van der Waals surface area contributed by atoms with Gasteiger partial charge in [0, 0.05) is 23.9 Å². The fourth-order valence-corrected chi connectivity index (χ4v) is 2.92. The monoisotopic (exact) mass is 229 g/mol. The minimum absolute atomic E-state index is 0.586. The molecule has 3 nitrogen and oxygen atoms in total. The van der Waals surface area contributed by atoms with E-state index in [0.29, 0.717) is 5.92 Å². The first-order valence-corrected chi connectivity index (χ1v) is 6.42. The molecule has 0 radical (unpaired) electrons. The van der Waals surface area contributed by atoms with Crippen molar-refractivity contribution in [1.82, 2.24) is 14.7 Å². The van der Waals surface area contributed by atoms with Crippen LogP contribution in [0.4, 0.5) is 0 Å². The van der Waals surface area contributed by atoms with Crippen LogP contribution in [0, 0.1) is 13.8 Å². The van der Waals surface area contributed by atoms with E-state index in [0.717, 1.165) is 18.7 Å². The van der Waals surface area contributed by atoms with Crippen molar-refractivity contribution in [3.63, 3.8) is 0 Å². The van der Waals surface area contributed by atoms with E-state index in [9.17, 15) is 0 Å². The molecule has 1 unspecified atom stereocenters. The fourth-order valence-electron chi connectivity index (χ4n) is 2.92. The van der Waals surface area contributed by atoms with Gasteiger partial charge in [-0.1, -0.05) is 6.07 Å². The number of aromatic nitrogens is 2. The molecule has 1 fully saturated rings. The molecule has 1 N–H and O–H groups in total. The van der Waals surface area contributed by atoms with Gasteiger partial charge in [-0.2, -0.15) is 0 Å². The lowest BCUT2D eigenvalue weighted by Crippen LogP contribution is -2.28. The number of fused-ring (bicyclic) bond motifs is 1. The summed E-state index contributed by atoms with van der Waals surface area (Å²) in [6, 6.07) is 6.32. The van der Waals surface area contributed by atoms with E-state index in [-0.39, 0.29) is 0 Å². The first-order chi connectivity index (χ1) is 8.27. The summed E-state index contributed by atoms with van der Waals surface area (Å²) in [5.74, 6) is 0.586. The zero-order chi connectivity index (χ0) is 11.8. The maximum absolute atomic E-state index is 4.82. The molecule has 0 amide bonds. The Morgan fingerprint density at radius 3 is 2.94 bits per heavy atom. The van der Waals surface area contributed by atoms with Gasteiger partial charge in [-0.05, 0) is 45.4 Å². The van der Waals surface area contributed by atoms with Crippen LogP contribution in [0.25, 0.3) is 5.65 Å². The van der Waals surface area contributed by atoms with Crippen LogP contribution in [-0.4, -0.2) is 22.5 Å². The first kappa shape index (κ1) is 10.8.